The monoisotopic (exact) mass is 389 g/mol. The van der Waals surface area contributed by atoms with E-state index in [0.717, 1.165) is 10.9 Å². The van der Waals surface area contributed by atoms with E-state index in [2.05, 4.69) is 20.2 Å². The normalized spacial score (nSPS) is 20.6. The minimum Gasteiger partial charge on any atom is -0.488 e. The van der Waals surface area contributed by atoms with Crippen molar-refractivity contribution in [1.29, 1.82) is 0 Å². The lowest BCUT2D eigenvalue weighted by Crippen LogP contribution is -2.21. The van der Waals surface area contributed by atoms with Gasteiger partial charge in [0.1, 0.15) is 29.7 Å². The number of anilines is 1. The number of hydrogen-bond donors (Lipinski definition) is 1. The van der Waals surface area contributed by atoms with E-state index in [1.54, 1.807) is 18.1 Å². The summed E-state index contributed by atoms with van der Waals surface area (Å²) < 4.78 is 38.0. The molecule has 7 nitrogen and oxygen atoms in total. The van der Waals surface area contributed by atoms with Crippen LogP contribution < -0.4 is 9.64 Å². The lowest BCUT2D eigenvalue weighted by atomic mass is 10.1. The van der Waals surface area contributed by atoms with Crippen LogP contribution in [0.3, 0.4) is 0 Å². The van der Waals surface area contributed by atoms with Gasteiger partial charge in [-0.1, -0.05) is 0 Å². The second kappa shape index (κ2) is 7.67. The maximum Gasteiger partial charge on any atom is 0.150 e. The molecule has 0 bridgehead atoms. The van der Waals surface area contributed by atoms with Crippen molar-refractivity contribution >= 4 is 16.7 Å². The number of rotatable bonds is 6. The molecule has 148 valence electrons. The van der Waals surface area contributed by atoms with Crippen LogP contribution in [-0.4, -0.2) is 65.4 Å². The molecule has 0 spiro atoms. The molecule has 1 N–H and O–H groups in total. The zero-order chi connectivity index (χ0) is 19.7. The minimum absolute atomic E-state index is 0.0195. The number of methoxy groups -OCH3 is 1. The van der Waals surface area contributed by atoms with E-state index >= 15 is 0 Å². The first-order valence-electron chi connectivity index (χ1n) is 9.04. The van der Waals surface area contributed by atoms with Crippen LogP contribution >= 0.6 is 0 Å². The second-order valence-electron chi connectivity index (χ2n) is 6.86. The van der Waals surface area contributed by atoms with Gasteiger partial charge in [-0.25, -0.2) is 18.7 Å². The Bertz CT molecular complexity index is 956. The number of hydrogen-bond acceptors (Lipinski definition) is 6. The third kappa shape index (κ3) is 3.62. The molecule has 3 heterocycles. The lowest BCUT2D eigenvalue weighted by molar-refractivity contribution is 0.0922. The number of nitrogens with one attached hydrogen (secondary N) is 1. The van der Waals surface area contributed by atoms with Crippen LogP contribution in [0.2, 0.25) is 0 Å². The molecular weight excluding hydrogens is 368 g/mol. The predicted molar refractivity (Wildman–Crippen MR) is 101 cm³/mol. The molecule has 3 atom stereocenters. The number of benzene rings is 1. The third-order valence-corrected chi connectivity index (χ3v) is 4.67. The minimum atomic E-state index is -1.50. The van der Waals surface area contributed by atoms with Gasteiger partial charge in [-0.2, -0.15) is 5.10 Å². The van der Waals surface area contributed by atoms with Gasteiger partial charge in [0, 0.05) is 18.6 Å². The summed E-state index contributed by atoms with van der Waals surface area (Å²) in [5.74, 6) is 1.17. The molecule has 28 heavy (non-hydrogen) atoms. The van der Waals surface area contributed by atoms with Crippen molar-refractivity contribution in [2.75, 3.05) is 31.7 Å². The number of alkyl halides is 2. The molecule has 4 rings (SSSR count). The maximum absolute atomic E-state index is 13.5. The first-order valence-corrected chi connectivity index (χ1v) is 9.04. The summed E-state index contributed by atoms with van der Waals surface area (Å²) in [5.41, 5.74) is 2.02. The van der Waals surface area contributed by atoms with E-state index in [0.29, 0.717) is 29.6 Å². The average molecular weight is 389 g/mol. The fourth-order valence-electron chi connectivity index (χ4n) is 3.32. The molecule has 0 unspecified atom stereocenters. The molecule has 1 aromatic carbocycles. The highest BCUT2D eigenvalue weighted by atomic mass is 19.2. The number of aromatic amines is 1. The second-order valence-corrected chi connectivity index (χ2v) is 6.86. The van der Waals surface area contributed by atoms with E-state index in [9.17, 15) is 8.78 Å². The van der Waals surface area contributed by atoms with Crippen LogP contribution in [0.25, 0.3) is 22.3 Å². The summed E-state index contributed by atoms with van der Waals surface area (Å²) in [6.45, 7) is 2.36. The largest absolute Gasteiger partial charge is 0.488 e. The van der Waals surface area contributed by atoms with E-state index in [1.807, 2.05) is 25.1 Å². The molecule has 0 amide bonds. The van der Waals surface area contributed by atoms with Crippen molar-refractivity contribution in [3.63, 3.8) is 0 Å². The molecule has 0 radical (unpaired) electrons. The van der Waals surface area contributed by atoms with Gasteiger partial charge in [0.2, 0.25) is 0 Å². The zero-order valence-corrected chi connectivity index (χ0v) is 15.6. The Morgan fingerprint density at radius 2 is 2.00 bits per heavy atom. The van der Waals surface area contributed by atoms with Crippen LogP contribution in [0.1, 0.15) is 6.92 Å². The van der Waals surface area contributed by atoms with Gasteiger partial charge < -0.3 is 14.4 Å². The van der Waals surface area contributed by atoms with Gasteiger partial charge in [0.05, 0.1) is 30.9 Å². The van der Waals surface area contributed by atoms with Gasteiger partial charge in [-0.05, 0) is 25.1 Å². The summed E-state index contributed by atoms with van der Waals surface area (Å²) in [6.07, 6.45) is -1.72. The lowest BCUT2D eigenvalue weighted by Gasteiger charge is -2.16. The molecular formula is C19H21F2N5O2. The fraction of sp³-hybridized carbons (Fsp3) is 0.421. The highest BCUT2D eigenvalue weighted by molar-refractivity contribution is 5.93. The third-order valence-electron chi connectivity index (χ3n) is 4.67. The van der Waals surface area contributed by atoms with Crippen LogP contribution in [0.15, 0.2) is 30.6 Å². The summed E-state index contributed by atoms with van der Waals surface area (Å²) in [6, 6.07) is 7.31. The molecule has 1 fully saturated rings. The van der Waals surface area contributed by atoms with Crippen molar-refractivity contribution in [2.24, 2.45) is 0 Å². The summed E-state index contributed by atoms with van der Waals surface area (Å²) in [5, 5.41) is 8.16. The SMILES string of the molecule is COC[C@H](C)Oc1ccc2[nH]nc(-c3cc(N4C[C@H](F)[C@@H](F)C4)ncn3)c2c1. The molecule has 1 saturated heterocycles. The molecule has 1 aliphatic heterocycles. The van der Waals surface area contributed by atoms with E-state index in [1.165, 1.54) is 6.33 Å². The Labute approximate surface area is 160 Å². The Hall–Kier alpha value is -2.81. The highest BCUT2D eigenvalue weighted by Gasteiger charge is 2.33. The molecule has 2 aromatic heterocycles. The van der Waals surface area contributed by atoms with Crippen LogP contribution in [0, 0.1) is 0 Å². The maximum atomic E-state index is 13.5. The first kappa shape index (κ1) is 18.5. The van der Waals surface area contributed by atoms with Crippen molar-refractivity contribution in [2.45, 2.75) is 25.4 Å². The Balaban J connectivity index is 1.64. The summed E-state index contributed by atoms with van der Waals surface area (Å²) in [4.78, 5) is 10.0. The zero-order valence-electron chi connectivity index (χ0n) is 15.6. The van der Waals surface area contributed by atoms with Crippen molar-refractivity contribution in [3.8, 4) is 17.1 Å². The van der Waals surface area contributed by atoms with Gasteiger partial charge in [-0.3, -0.25) is 5.10 Å². The number of halogens is 2. The number of aromatic nitrogens is 4. The number of fused-ring (bicyclic) bond motifs is 1. The number of ether oxygens (including phenoxy) is 2. The van der Waals surface area contributed by atoms with Crippen molar-refractivity contribution in [3.05, 3.63) is 30.6 Å². The van der Waals surface area contributed by atoms with E-state index < -0.39 is 12.3 Å². The quantitative estimate of drug-likeness (QED) is 0.699. The molecule has 3 aromatic rings. The predicted octanol–water partition coefficient (Wildman–Crippen LogP) is 2.93. The molecule has 0 saturated carbocycles. The first-order chi connectivity index (χ1) is 13.5. The van der Waals surface area contributed by atoms with Gasteiger partial charge >= 0.3 is 0 Å². The molecule has 1 aliphatic rings. The molecule has 0 aliphatic carbocycles. The number of H-pyrrole nitrogens is 1. The van der Waals surface area contributed by atoms with Crippen LogP contribution in [0.5, 0.6) is 5.75 Å². The average Bonchev–Trinajstić information content (AvgIpc) is 3.25. The van der Waals surface area contributed by atoms with Crippen molar-refractivity contribution in [1.82, 2.24) is 20.2 Å². The standard InChI is InChI=1S/C19H21F2N5O2/c1-11(9-27-2)28-12-3-4-16-13(5-12)19(25-24-16)17-6-18(23-10-22-17)26-7-14(20)15(21)8-26/h3-6,10-11,14-15H,7-9H2,1-2H3,(H,24,25)/t11-,14-,15-/m0/s1. The Kier molecular flexibility index (Phi) is 5.08. The van der Waals surface area contributed by atoms with Gasteiger partial charge in [0.25, 0.3) is 0 Å². The van der Waals surface area contributed by atoms with Gasteiger partial charge in [0.15, 0.2) is 12.3 Å². The summed E-state index contributed by atoms with van der Waals surface area (Å²) in [7, 11) is 1.63. The Morgan fingerprint density at radius 1 is 1.21 bits per heavy atom. The van der Waals surface area contributed by atoms with E-state index in [-0.39, 0.29) is 19.2 Å². The van der Waals surface area contributed by atoms with E-state index in [4.69, 9.17) is 9.47 Å². The van der Waals surface area contributed by atoms with Gasteiger partial charge in [-0.15, -0.1) is 0 Å². The van der Waals surface area contributed by atoms with Crippen LogP contribution in [0.4, 0.5) is 14.6 Å². The Morgan fingerprint density at radius 3 is 2.75 bits per heavy atom. The topological polar surface area (TPSA) is 76.2 Å². The highest BCUT2D eigenvalue weighted by Crippen LogP contribution is 2.30. The fourth-order valence-corrected chi connectivity index (χ4v) is 3.32. The van der Waals surface area contributed by atoms with Crippen molar-refractivity contribution < 1.29 is 18.3 Å². The smallest absolute Gasteiger partial charge is 0.150 e. The molecule has 9 heteroatoms. The summed E-state index contributed by atoms with van der Waals surface area (Å²) >= 11 is 0. The number of nitrogens with zero attached hydrogens (tertiary/aromatic N) is 4. The van der Waals surface area contributed by atoms with Crippen LogP contribution in [-0.2, 0) is 4.74 Å².